The Labute approximate surface area is 562 Å². The van der Waals surface area contributed by atoms with Gasteiger partial charge in [0, 0.05) is 25.6 Å². The number of thioether (sulfide) groups is 2. The SMILES string of the molecule is CN[C@@H](C)C(=O)N[C@H]1CCS[C@H]2CC(C)(C)[C@@H](C(=O)C[C@H](COCCCCCCCCOC[C@@H](NC(=O)[C@H]3N4C(=O)[C@@H](NC(=O)[C@H](C)N)CCS[C@H]4CC3(C)C)c3ccccc3)c3ccccc3)N2C1=O.S.S.S.S.S.S.S.S.S.S. The van der Waals surface area contributed by atoms with E-state index in [1.807, 2.05) is 74.5 Å². The minimum atomic E-state index is -0.746. The predicted molar refractivity (Wildman–Crippen MR) is 385 cm³/mol. The second kappa shape index (κ2) is 43.2. The van der Waals surface area contributed by atoms with Crippen molar-refractivity contribution in [3.05, 3.63) is 71.8 Å². The Bertz CT molecular complexity index is 2130. The third kappa shape index (κ3) is 24.9. The fourth-order valence-corrected chi connectivity index (χ4v) is 13.8. The van der Waals surface area contributed by atoms with E-state index in [0.717, 1.165) is 55.4 Å². The molecule has 0 aliphatic carbocycles. The van der Waals surface area contributed by atoms with Crippen molar-refractivity contribution in [2.45, 2.75) is 171 Å². The summed E-state index contributed by atoms with van der Waals surface area (Å²) < 4.78 is 12.5. The van der Waals surface area contributed by atoms with E-state index in [4.69, 9.17) is 15.2 Å². The molecule has 2 aromatic carbocycles. The molecule has 4 saturated heterocycles. The first-order chi connectivity index (χ1) is 33.9. The molecule has 10 atom stereocenters. The van der Waals surface area contributed by atoms with E-state index in [2.05, 4.69) is 35.1 Å². The smallest absolute Gasteiger partial charge is 0.246 e. The number of ketones is 1. The Morgan fingerprint density at radius 1 is 0.617 bits per heavy atom. The van der Waals surface area contributed by atoms with Gasteiger partial charge in [-0.2, -0.15) is 135 Å². The molecule has 0 aromatic heterocycles. The van der Waals surface area contributed by atoms with E-state index in [1.54, 1.807) is 54.2 Å². The number of carbonyl (C=O) groups excluding carboxylic acids is 6. The van der Waals surface area contributed by atoms with Gasteiger partial charge in [-0.25, -0.2) is 0 Å². The zero-order valence-corrected chi connectivity index (χ0v) is 59.8. The summed E-state index contributed by atoms with van der Waals surface area (Å²) in [5, 5.41) is 11.7. The molecule has 4 fully saturated rings. The molecule has 15 nitrogen and oxygen atoms in total. The first kappa shape index (κ1) is 89.3. The number of fused-ring (bicyclic) bond motifs is 2. The highest BCUT2D eigenvalue weighted by Crippen LogP contribution is 2.48. The molecule has 81 heavy (non-hydrogen) atoms. The average Bonchev–Trinajstić information content (AvgIpc) is 3.66. The molecule has 4 heterocycles. The van der Waals surface area contributed by atoms with Crippen LogP contribution < -0.4 is 27.0 Å². The van der Waals surface area contributed by atoms with Crippen LogP contribution in [0.5, 0.6) is 0 Å². The lowest BCUT2D eigenvalue weighted by Gasteiger charge is -2.35. The quantitative estimate of drug-likeness (QED) is 0.0628. The van der Waals surface area contributed by atoms with Gasteiger partial charge < -0.3 is 46.3 Å². The topological polar surface area (TPSA) is 202 Å². The number of hydrogen-bond acceptors (Lipinski definition) is 12. The Morgan fingerprint density at radius 3 is 1.51 bits per heavy atom. The standard InChI is InChI=1S/C54H81N7O8S2.10H2S/c1-35(55)48(63)57-40-24-28-71-45-32-54(5,6)47(61(45)52(40)67)50(65)59-42(38-22-16-13-17-23-38)34-69-27-19-11-9-8-10-18-26-68-33-39(37-20-14-12-15-21-37)30-43(62)46-53(3,4)31-44-60(46)51(66)41(25-29-70-44)58-49(64)36(2)56-7;;;;;;;;;;/h12-17,20-23,35-36,39-42,44-47,56H,8-11,18-19,24-34,55H2,1-7H3,(H,57,63)(H,58,64)(H,59,65);10*1H2/t35-,36-,39+,40-,41-,42+,44-,45-,46+,47+;;;;;;;;;;/m0........../s1. The number of likely N-dealkylation sites (N-methyl/N-ethyl adjacent to an activating group) is 1. The van der Waals surface area contributed by atoms with Gasteiger partial charge in [-0.3, -0.25) is 28.8 Å². The van der Waals surface area contributed by atoms with Crippen molar-refractivity contribution in [1.29, 1.82) is 0 Å². The van der Waals surface area contributed by atoms with Crippen LogP contribution in [0.15, 0.2) is 60.7 Å². The number of nitrogens with two attached hydrogens (primary N) is 1. The molecular formula is C54H101N7O8S12. The minimum absolute atomic E-state index is 0. The number of nitrogens with zero attached hydrogens (tertiary/aromatic N) is 2. The number of carbonyl (C=O) groups is 6. The molecule has 0 bridgehead atoms. The lowest BCUT2D eigenvalue weighted by molar-refractivity contribution is -0.144. The van der Waals surface area contributed by atoms with E-state index in [9.17, 15) is 28.8 Å². The van der Waals surface area contributed by atoms with Crippen LogP contribution in [0, 0.1) is 10.8 Å². The zero-order valence-electron chi connectivity index (χ0n) is 48.1. The van der Waals surface area contributed by atoms with Crippen molar-refractivity contribution in [3.63, 3.8) is 0 Å². The molecule has 0 saturated carbocycles. The third-order valence-corrected chi connectivity index (χ3v) is 17.2. The van der Waals surface area contributed by atoms with E-state index in [-0.39, 0.29) is 193 Å². The zero-order chi connectivity index (χ0) is 51.3. The van der Waals surface area contributed by atoms with Crippen LogP contribution in [0.25, 0.3) is 0 Å². The fourth-order valence-electron chi connectivity index (χ4n) is 10.6. The second-order valence-electron chi connectivity index (χ2n) is 21.4. The third-order valence-electron chi connectivity index (χ3n) is 14.7. The number of benzene rings is 2. The Balaban J connectivity index is -0.00000193. The molecule has 4 aliphatic rings. The van der Waals surface area contributed by atoms with Crippen LogP contribution in [-0.2, 0) is 38.2 Å². The molecule has 472 valence electrons. The maximum Gasteiger partial charge on any atom is 0.246 e. The molecule has 0 unspecified atom stereocenters. The average molecular weight is 1360 g/mol. The lowest BCUT2D eigenvalue weighted by atomic mass is 9.79. The van der Waals surface area contributed by atoms with E-state index >= 15 is 0 Å². The summed E-state index contributed by atoms with van der Waals surface area (Å²) in [4.78, 5) is 85.7. The van der Waals surface area contributed by atoms with Gasteiger partial charge in [-0.15, -0.1) is 23.5 Å². The molecule has 6 N–H and O–H groups in total. The van der Waals surface area contributed by atoms with Crippen LogP contribution in [-0.4, -0.2) is 137 Å². The largest absolute Gasteiger partial charge is 0.381 e. The normalized spacial score (nSPS) is 22.3. The highest BCUT2D eigenvalue weighted by atomic mass is 32.2. The number of rotatable bonds is 25. The lowest BCUT2D eigenvalue weighted by Crippen LogP contribution is -2.58. The summed E-state index contributed by atoms with van der Waals surface area (Å²) in [7, 11) is 1.71. The van der Waals surface area contributed by atoms with Crippen molar-refractivity contribution in [1.82, 2.24) is 31.1 Å². The van der Waals surface area contributed by atoms with Gasteiger partial charge in [-0.05, 0) is 92.9 Å². The predicted octanol–water partition coefficient (Wildman–Crippen LogP) is 7.19. The van der Waals surface area contributed by atoms with Gasteiger partial charge in [0.25, 0.3) is 0 Å². The van der Waals surface area contributed by atoms with Gasteiger partial charge in [0.15, 0.2) is 5.78 Å². The number of unbranched alkanes of at least 4 members (excludes halogenated alkanes) is 5. The van der Waals surface area contributed by atoms with Crippen molar-refractivity contribution in [2.75, 3.05) is 45.0 Å². The van der Waals surface area contributed by atoms with Crippen LogP contribution in [0.4, 0.5) is 0 Å². The summed E-state index contributed by atoms with van der Waals surface area (Å²) in [6.45, 7) is 13.4. The van der Waals surface area contributed by atoms with Crippen LogP contribution >= 0.6 is 158 Å². The van der Waals surface area contributed by atoms with Gasteiger partial charge in [0.05, 0.1) is 48.1 Å². The van der Waals surface area contributed by atoms with Crippen molar-refractivity contribution in [3.8, 4) is 0 Å². The molecule has 27 heteroatoms. The molecule has 2 aromatic rings. The van der Waals surface area contributed by atoms with Gasteiger partial charge >= 0.3 is 0 Å². The van der Waals surface area contributed by atoms with Crippen molar-refractivity contribution >= 4 is 194 Å². The molecule has 0 spiro atoms. The van der Waals surface area contributed by atoms with E-state index < -0.39 is 53.1 Å². The Morgan fingerprint density at radius 2 is 1.04 bits per heavy atom. The summed E-state index contributed by atoms with van der Waals surface area (Å²) in [5.41, 5.74) is 6.86. The molecule has 6 rings (SSSR count). The van der Waals surface area contributed by atoms with Crippen LogP contribution in [0.3, 0.4) is 0 Å². The monoisotopic (exact) mass is 1360 g/mol. The summed E-state index contributed by atoms with van der Waals surface area (Å²) >= 11 is 3.36. The Kier molecular flexibility index (Phi) is 47.6. The first-order valence-electron chi connectivity index (χ1n) is 25.9. The summed E-state index contributed by atoms with van der Waals surface area (Å²) in [6.07, 6.45) is 8.57. The van der Waals surface area contributed by atoms with Crippen molar-refractivity contribution in [2.24, 2.45) is 16.6 Å². The molecule has 0 radical (unpaired) electrons. The number of hydrogen-bond donors (Lipinski definition) is 5. The molecule has 5 amide bonds. The maximum atomic E-state index is 14.5. The maximum absolute atomic E-state index is 14.5. The highest BCUT2D eigenvalue weighted by Gasteiger charge is 2.56. The number of Topliss-reactive ketones (excluding diaryl/α,β-unsaturated/α-hetero) is 1. The second-order valence-corrected chi connectivity index (χ2v) is 23.9. The first-order valence-corrected chi connectivity index (χ1v) is 28.0. The van der Waals surface area contributed by atoms with Crippen LogP contribution in [0.2, 0.25) is 0 Å². The molecular weight excluding hydrogens is 1260 g/mol. The molecule has 4 aliphatic heterocycles. The number of nitrogens with one attached hydrogen (secondary N) is 4. The van der Waals surface area contributed by atoms with Crippen LogP contribution in [0.1, 0.15) is 135 Å². The van der Waals surface area contributed by atoms with Gasteiger partial charge in [0.1, 0.15) is 18.1 Å². The van der Waals surface area contributed by atoms with E-state index in [1.165, 1.54) is 0 Å². The van der Waals surface area contributed by atoms with E-state index in [0.29, 0.717) is 57.9 Å². The summed E-state index contributed by atoms with van der Waals surface area (Å²) in [6, 6.07) is 15.5. The minimum Gasteiger partial charge on any atom is -0.381 e. The van der Waals surface area contributed by atoms with Gasteiger partial charge in [-0.1, -0.05) is 114 Å². The summed E-state index contributed by atoms with van der Waals surface area (Å²) in [5.74, 6) is 0.0247. The van der Waals surface area contributed by atoms with Gasteiger partial charge in [0.2, 0.25) is 29.5 Å². The fraction of sp³-hybridized carbons (Fsp3) is 0.667. The number of amides is 5. The van der Waals surface area contributed by atoms with Crippen molar-refractivity contribution < 1.29 is 38.2 Å². The number of ether oxygens (including phenoxy) is 2. The Hall–Kier alpha value is -0.500. The highest BCUT2D eigenvalue weighted by molar-refractivity contribution is 8.00.